The van der Waals surface area contributed by atoms with Crippen molar-refractivity contribution in [1.29, 1.82) is 0 Å². The molecule has 0 aliphatic heterocycles. The molecule has 5 heteroatoms. The number of halogens is 2. The Labute approximate surface area is 194 Å². The number of hydrogen-bond acceptors (Lipinski definition) is 1. The van der Waals surface area contributed by atoms with E-state index in [4.69, 9.17) is 0 Å². The van der Waals surface area contributed by atoms with Crippen LogP contribution in [0, 0.1) is 11.5 Å². The standard InChI is InChI=1S/C21H33SSi.2ClH.Ti/c1-19(2,3)18-15-11-12-16-21(18,22-20(4,5)6)23(7,8)17-13-9-10-14-17;;;/h9,11-13,15H,10,16H2,1-8H3;2*1H;/q-1;;;+3/p-2. The second kappa shape index (κ2) is 10.0. The van der Waals surface area contributed by atoms with Crippen molar-refractivity contribution in [3.63, 3.8) is 0 Å². The van der Waals surface area contributed by atoms with Crippen molar-refractivity contribution in [1.82, 2.24) is 0 Å². The molecule has 0 heterocycles. The summed E-state index contributed by atoms with van der Waals surface area (Å²) in [5.41, 5.74) is 1.81. The van der Waals surface area contributed by atoms with E-state index in [1.54, 1.807) is 5.57 Å². The molecule has 2 aliphatic rings. The first-order valence-corrected chi connectivity index (χ1v) is 12.6. The van der Waals surface area contributed by atoms with E-state index in [1.165, 1.54) is 5.20 Å². The van der Waals surface area contributed by atoms with Gasteiger partial charge >= 0.3 is 21.7 Å². The van der Waals surface area contributed by atoms with Crippen LogP contribution in [0.4, 0.5) is 0 Å². The summed E-state index contributed by atoms with van der Waals surface area (Å²) in [5, 5.41) is 1.51. The van der Waals surface area contributed by atoms with Gasteiger partial charge in [0.1, 0.15) is 0 Å². The van der Waals surface area contributed by atoms with Crippen LogP contribution >= 0.6 is 11.8 Å². The monoisotopic (exact) mass is 463 g/mol. The van der Waals surface area contributed by atoms with Crippen LogP contribution in [0.25, 0.3) is 0 Å². The number of thioether (sulfide) groups is 1. The van der Waals surface area contributed by atoms with E-state index in [1.807, 2.05) is 0 Å². The Balaban J connectivity index is 0. The van der Waals surface area contributed by atoms with E-state index in [0.717, 1.165) is 12.8 Å². The SMILES string of the molecule is CC(C)(C)SC1([Si](C)(C)C2=[C-]CC=C2)CC=CC=C1C(C)(C)C.[Cl-].[Cl-].[Ti+3]. The summed E-state index contributed by atoms with van der Waals surface area (Å²) in [6.45, 7) is 19.3. The maximum absolute atomic E-state index is 3.68. The van der Waals surface area contributed by atoms with Crippen molar-refractivity contribution < 1.29 is 46.5 Å². The Morgan fingerprint density at radius 3 is 2.04 bits per heavy atom. The number of allylic oxidation sites excluding steroid dienone is 7. The predicted molar refractivity (Wildman–Crippen MR) is 109 cm³/mol. The summed E-state index contributed by atoms with van der Waals surface area (Å²) in [6, 6.07) is 0. The molecule has 0 aromatic carbocycles. The van der Waals surface area contributed by atoms with Gasteiger partial charge in [-0.2, -0.15) is 6.08 Å². The minimum absolute atomic E-state index is 0. The molecule has 1 radical (unpaired) electrons. The zero-order chi connectivity index (χ0) is 17.5. The van der Waals surface area contributed by atoms with Gasteiger partial charge in [0.05, 0.1) is 8.07 Å². The average molecular weight is 464 g/mol. The Bertz CT molecular complexity index is 592. The molecule has 0 amide bonds. The van der Waals surface area contributed by atoms with Crippen molar-refractivity contribution >= 4 is 19.8 Å². The fraction of sp³-hybridized carbons (Fsp3) is 0.619. The third-order valence-corrected chi connectivity index (χ3v) is 12.3. The topological polar surface area (TPSA) is 0 Å². The van der Waals surface area contributed by atoms with Crippen molar-refractivity contribution in [3.05, 3.63) is 47.2 Å². The molecule has 145 valence electrons. The molecule has 0 saturated carbocycles. The Morgan fingerprint density at radius 2 is 1.62 bits per heavy atom. The van der Waals surface area contributed by atoms with Crippen LogP contribution < -0.4 is 24.8 Å². The maximum Gasteiger partial charge on any atom is 3.00 e. The zero-order valence-corrected chi connectivity index (χ0v) is 22.4. The van der Waals surface area contributed by atoms with E-state index in [0.29, 0.717) is 0 Å². The third kappa shape index (κ3) is 5.91. The molecule has 0 bridgehead atoms. The van der Waals surface area contributed by atoms with Crippen LogP contribution in [0.15, 0.2) is 41.1 Å². The quantitative estimate of drug-likeness (QED) is 0.437. The Hall–Kier alpha value is 0.821. The maximum atomic E-state index is 3.68. The summed E-state index contributed by atoms with van der Waals surface area (Å²) in [7, 11) is -1.74. The van der Waals surface area contributed by atoms with Crippen LogP contribution in [0.2, 0.25) is 13.1 Å². The van der Waals surface area contributed by atoms with Crippen LogP contribution in [0.3, 0.4) is 0 Å². The number of rotatable bonds is 3. The summed E-state index contributed by atoms with van der Waals surface area (Å²) in [4.78, 5) is 0. The molecule has 0 aromatic heterocycles. The summed E-state index contributed by atoms with van der Waals surface area (Å²) in [5.74, 6) is 0. The first-order valence-electron chi connectivity index (χ1n) is 8.76. The van der Waals surface area contributed by atoms with Gasteiger partial charge in [-0.05, 0) is 11.8 Å². The normalized spacial score (nSPS) is 22.6. The zero-order valence-electron chi connectivity index (χ0n) is 17.5. The van der Waals surface area contributed by atoms with Crippen LogP contribution in [0.1, 0.15) is 54.4 Å². The van der Waals surface area contributed by atoms with Gasteiger partial charge in [0.2, 0.25) is 0 Å². The van der Waals surface area contributed by atoms with Crippen molar-refractivity contribution in [2.45, 2.75) is 76.6 Å². The molecule has 0 fully saturated rings. The molecule has 0 aromatic rings. The van der Waals surface area contributed by atoms with Crippen LogP contribution in [0.5, 0.6) is 0 Å². The van der Waals surface area contributed by atoms with E-state index >= 15 is 0 Å². The van der Waals surface area contributed by atoms with Crippen molar-refractivity contribution in [2.24, 2.45) is 5.41 Å². The van der Waals surface area contributed by atoms with Gasteiger partial charge in [-0.3, -0.25) is 6.08 Å². The van der Waals surface area contributed by atoms with Crippen molar-refractivity contribution in [3.8, 4) is 0 Å². The van der Waals surface area contributed by atoms with E-state index in [9.17, 15) is 0 Å². The Morgan fingerprint density at radius 1 is 1.04 bits per heavy atom. The molecule has 2 aliphatic carbocycles. The van der Waals surface area contributed by atoms with Gasteiger partial charge in [-0.1, -0.05) is 78.4 Å². The van der Waals surface area contributed by atoms with Crippen molar-refractivity contribution in [2.75, 3.05) is 0 Å². The molecular weight excluding hydrogens is 431 g/mol. The minimum atomic E-state index is -1.74. The van der Waals surface area contributed by atoms with E-state index in [-0.39, 0.29) is 61.1 Å². The van der Waals surface area contributed by atoms with E-state index in [2.05, 4.69) is 103 Å². The average Bonchev–Trinajstić information content (AvgIpc) is 2.90. The summed E-state index contributed by atoms with van der Waals surface area (Å²) < 4.78 is 0.442. The largest absolute Gasteiger partial charge is 3.00 e. The van der Waals surface area contributed by atoms with E-state index < -0.39 is 8.07 Å². The molecule has 0 nitrogen and oxygen atoms in total. The van der Waals surface area contributed by atoms with Gasteiger partial charge in [-0.15, -0.1) is 18.2 Å². The van der Waals surface area contributed by atoms with Gasteiger partial charge in [0.15, 0.2) is 0 Å². The molecule has 1 atom stereocenters. The van der Waals surface area contributed by atoms with Gasteiger partial charge < -0.3 is 24.8 Å². The first-order chi connectivity index (χ1) is 10.4. The Kier molecular flexibility index (Phi) is 11.2. The summed E-state index contributed by atoms with van der Waals surface area (Å²) >= 11 is 2.20. The number of hydrogen-bond donors (Lipinski definition) is 0. The molecular formula is C21H33Cl2SSiTi. The predicted octanol–water partition coefficient (Wildman–Crippen LogP) is 0.671. The molecule has 0 N–H and O–H groups in total. The molecule has 2 rings (SSSR count). The molecule has 1 unspecified atom stereocenters. The third-order valence-electron chi connectivity index (χ3n) is 4.91. The molecule has 0 saturated heterocycles. The summed E-state index contributed by atoms with van der Waals surface area (Å²) in [6.07, 6.45) is 17.5. The van der Waals surface area contributed by atoms with Crippen LogP contribution in [-0.2, 0) is 21.7 Å². The molecule has 0 spiro atoms. The second-order valence-corrected chi connectivity index (χ2v) is 16.5. The van der Waals surface area contributed by atoms with Gasteiger partial charge in [-0.25, -0.2) is 11.3 Å². The minimum Gasteiger partial charge on any atom is -1.00 e. The first kappa shape index (κ1) is 29.0. The molecule has 26 heavy (non-hydrogen) atoms. The fourth-order valence-electron chi connectivity index (χ4n) is 3.89. The fourth-order valence-corrected chi connectivity index (χ4v) is 11.1. The van der Waals surface area contributed by atoms with Gasteiger partial charge in [0.25, 0.3) is 0 Å². The van der Waals surface area contributed by atoms with Crippen LogP contribution in [-0.4, -0.2) is 17.2 Å². The second-order valence-electron chi connectivity index (χ2n) is 9.33. The van der Waals surface area contributed by atoms with Gasteiger partial charge in [0, 0.05) is 9.12 Å². The smallest absolute Gasteiger partial charge is 1.00 e.